The minimum atomic E-state index is 0.583. The topological polar surface area (TPSA) is 48.5 Å². The molecule has 0 saturated carbocycles. The highest BCUT2D eigenvalue weighted by Crippen LogP contribution is 2.41. The van der Waals surface area contributed by atoms with Crippen LogP contribution in [-0.4, -0.2) is 24.1 Å². The smallest absolute Gasteiger partial charge is 0.179 e. The van der Waals surface area contributed by atoms with Crippen LogP contribution >= 0.6 is 0 Å². The summed E-state index contributed by atoms with van der Waals surface area (Å²) < 4.78 is 4.68. The molecule has 10 rings (SSSR count). The molecule has 0 aliphatic carbocycles. The maximum absolute atomic E-state index is 5.29. The third-order valence-corrected chi connectivity index (χ3v) is 9.54. The first-order chi connectivity index (χ1) is 24.8. The Kier molecular flexibility index (Phi) is 6.42. The van der Waals surface area contributed by atoms with Crippen molar-refractivity contribution in [1.29, 1.82) is 0 Å². The molecular weight excluding hydrogens is 611 g/mol. The molecule has 0 aliphatic rings. The van der Waals surface area contributed by atoms with Crippen LogP contribution < -0.4 is 0 Å². The monoisotopic (exact) mass is 639 g/mol. The molecule has 0 bridgehead atoms. The summed E-state index contributed by atoms with van der Waals surface area (Å²) in [6.07, 6.45) is 0. The van der Waals surface area contributed by atoms with E-state index in [2.05, 4.69) is 143 Å². The molecule has 0 saturated heterocycles. The maximum Gasteiger partial charge on any atom is 0.179 e. The second-order valence-electron chi connectivity index (χ2n) is 12.5. The Labute approximate surface area is 288 Å². The van der Waals surface area contributed by atoms with Gasteiger partial charge in [-0.05, 0) is 48.5 Å². The van der Waals surface area contributed by atoms with Gasteiger partial charge in [0.1, 0.15) is 11.5 Å². The summed E-state index contributed by atoms with van der Waals surface area (Å²) in [7, 11) is 0. The lowest BCUT2D eigenvalue weighted by atomic mass is 10.1. The van der Waals surface area contributed by atoms with Crippen molar-refractivity contribution in [2.45, 2.75) is 0 Å². The summed E-state index contributed by atoms with van der Waals surface area (Å²) in [5, 5.41) is 4.82. The van der Waals surface area contributed by atoms with Gasteiger partial charge in [-0.3, -0.25) is 4.57 Å². The molecule has 0 spiro atoms. The van der Waals surface area contributed by atoms with Crippen molar-refractivity contribution in [3.63, 3.8) is 0 Å². The number of nitrogens with zero attached hydrogens (tertiary/aromatic N) is 5. The highest BCUT2D eigenvalue weighted by Gasteiger charge is 2.21. The van der Waals surface area contributed by atoms with Crippen LogP contribution in [0.4, 0.5) is 0 Å². The van der Waals surface area contributed by atoms with Crippen molar-refractivity contribution < 1.29 is 0 Å². The van der Waals surface area contributed by atoms with Crippen LogP contribution in [0, 0.1) is 0 Å². The highest BCUT2D eigenvalue weighted by molar-refractivity contribution is 6.26. The van der Waals surface area contributed by atoms with Crippen LogP contribution in [0.15, 0.2) is 176 Å². The molecule has 0 radical (unpaired) electrons. The minimum Gasteiger partial charge on any atom is -0.309 e. The lowest BCUT2D eigenvalue weighted by molar-refractivity contribution is 1.06. The van der Waals surface area contributed by atoms with E-state index in [0.717, 1.165) is 45.1 Å². The number of pyridine rings is 1. The summed E-state index contributed by atoms with van der Waals surface area (Å²) in [6, 6.07) is 61.2. The van der Waals surface area contributed by atoms with E-state index < -0.39 is 0 Å². The van der Waals surface area contributed by atoms with Gasteiger partial charge >= 0.3 is 0 Å². The average Bonchev–Trinajstić information content (AvgIpc) is 3.72. The van der Waals surface area contributed by atoms with Gasteiger partial charge in [0, 0.05) is 38.4 Å². The molecule has 5 heteroatoms. The van der Waals surface area contributed by atoms with E-state index in [-0.39, 0.29) is 0 Å². The maximum atomic E-state index is 5.29. The van der Waals surface area contributed by atoms with Gasteiger partial charge in [0.15, 0.2) is 5.82 Å². The summed E-state index contributed by atoms with van der Waals surface area (Å²) >= 11 is 0. The standard InChI is InChI=1S/C45H29N5/c1-4-15-30(16-5-1)37-29-38(31-17-6-2-7-18-31)48-45(47-37)36-23-14-26-42(46-36)50-40-25-13-11-22-35(40)43-41(50)28-27-34-33-21-10-12-24-39(33)49(44(34)43)32-19-8-3-9-20-32/h1-29H. The first kappa shape index (κ1) is 28.2. The number of aromatic nitrogens is 5. The number of fused-ring (bicyclic) bond motifs is 7. The molecule has 4 aromatic heterocycles. The molecule has 0 amide bonds. The van der Waals surface area contributed by atoms with Crippen LogP contribution in [0.25, 0.3) is 89.2 Å². The molecule has 0 fully saturated rings. The van der Waals surface area contributed by atoms with Gasteiger partial charge in [-0.25, -0.2) is 15.0 Å². The van der Waals surface area contributed by atoms with E-state index in [4.69, 9.17) is 15.0 Å². The number of benzene rings is 6. The molecule has 5 nitrogen and oxygen atoms in total. The molecule has 10 aromatic rings. The van der Waals surface area contributed by atoms with E-state index in [9.17, 15) is 0 Å². The molecule has 0 N–H and O–H groups in total. The quantitative estimate of drug-likeness (QED) is 0.188. The molecule has 6 aromatic carbocycles. The van der Waals surface area contributed by atoms with E-state index in [0.29, 0.717) is 11.5 Å². The summed E-state index contributed by atoms with van der Waals surface area (Å²) in [6.45, 7) is 0. The van der Waals surface area contributed by atoms with E-state index in [1.165, 1.54) is 32.6 Å². The molecule has 0 aliphatic heterocycles. The van der Waals surface area contributed by atoms with Crippen LogP contribution in [0.2, 0.25) is 0 Å². The normalized spacial score (nSPS) is 11.6. The van der Waals surface area contributed by atoms with Crippen LogP contribution in [0.3, 0.4) is 0 Å². The van der Waals surface area contributed by atoms with Crippen molar-refractivity contribution in [3.05, 3.63) is 176 Å². The summed E-state index contributed by atoms with van der Waals surface area (Å²) in [4.78, 5) is 15.4. The molecule has 50 heavy (non-hydrogen) atoms. The number of hydrogen-bond donors (Lipinski definition) is 0. The fourth-order valence-electron chi connectivity index (χ4n) is 7.35. The van der Waals surface area contributed by atoms with Gasteiger partial charge in [-0.15, -0.1) is 0 Å². The Morgan fingerprint density at radius 1 is 0.360 bits per heavy atom. The number of hydrogen-bond acceptors (Lipinski definition) is 3. The van der Waals surface area contributed by atoms with Crippen molar-refractivity contribution in [2.75, 3.05) is 0 Å². The van der Waals surface area contributed by atoms with Crippen molar-refractivity contribution in [1.82, 2.24) is 24.1 Å². The van der Waals surface area contributed by atoms with E-state index in [1.807, 2.05) is 42.5 Å². The van der Waals surface area contributed by atoms with Gasteiger partial charge in [0.25, 0.3) is 0 Å². The van der Waals surface area contributed by atoms with Crippen molar-refractivity contribution in [2.24, 2.45) is 0 Å². The lowest BCUT2D eigenvalue weighted by Gasteiger charge is -2.11. The third-order valence-electron chi connectivity index (χ3n) is 9.54. The van der Waals surface area contributed by atoms with Crippen molar-refractivity contribution >= 4 is 43.6 Å². The number of para-hydroxylation sites is 3. The Morgan fingerprint density at radius 3 is 1.62 bits per heavy atom. The molecular formula is C45H29N5. The summed E-state index contributed by atoms with van der Waals surface area (Å²) in [5.74, 6) is 1.39. The highest BCUT2D eigenvalue weighted by atomic mass is 15.1. The van der Waals surface area contributed by atoms with Gasteiger partial charge in [-0.2, -0.15) is 0 Å². The van der Waals surface area contributed by atoms with E-state index in [1.54, 1.807) is 0 Å². The molecule has 234 valence electrons. The van der Waals surface area contributed by atoms with E-state index >= 15 is 0 Å². The Bertz CT molecular complexity index is 2800. The zero-order valence-corrected chi connectivity index (χ0v) is 27.0. The largest absolute Gasteiger partial charge is 0.309 e. The molecule has 0 unspecified atom stereocenters. The SMILES string of the molecule is c1ccc(-c2cc(-c3ccccc3)nc(-c3cccc(-n4c5ccccc5c5c4ccc4c6ccccc6n(-c6ccccc6)c45)n3)n2)cc1. The zero-order chi connectivity index (χ0) is 33.0. The first-order valence-corrected chi connectivity index (χ1v) is 16.8. The van der Waals surface area contributed by atoms with Crippen molar-refractivity contribution in [3.8, 4) is 45.5 Å². The van der Waals surface area contributed by atoms with Gasteiger partial charge in [-0.1, -0.05) is 127 Å². The second kappa shape index (κ2) is 11.4. The average molecular weight is 640 g/mol. The molecule has 0 atom stereocenters. The Hall–Kier alpha value is -6.85. The first-order valence-electron chi connectivity index (χ1n) is 16.8. The van der Waals surface area contributed by atoms with Gasteiger partial charge < -0.3 is 4.57 Å². The van der Waals surface area contributed by atoms with Crippen LogP contribution in [0.5, 0.6) is 0 Å². The molecule has 4 heterocycles. The third kappa shape index (κ3) is 4.45. The van der Waals surface area contributed by atoms with Crippen LogP contribution in [0.1, 0.15) is 0 Å². The van der Waals surface area contributed by atoms with Crippen LogP contribution in [-0.2, 0) is 0 Å². The number of rotatable bonds is 5. The lowest BCUT2D eigenvalue weighted by Crippen LogP contribution is -2.01. The van der Waals surface area contributed by atoms with Gasteiger partial charge in [0.2, 0.25) is 0 Å². The minimum absolute atomic E-state index is 0.583. The zero-order valence-electron chi connectivity index (χ0n) is 27.0. The fraction of sp³-hybridized carbons (Fsp3) is 0. The Morgan fingerprint density at radius 2 is 0.940 bits per heavy atom. The van der Waals surface area contributed by atoms with Gasteiger partial charge in [0.05, 0.1) is 33.5 Å². The fourth-order valence-corrected chi connectivity index (χ4v) is 7.35. The second-order valence-corrected chi connectivity index (χ2v) is 12.5. The predicted octanol–water partition coefficient (Wildman–Crippen LogP) is 11.1. The summed E-state index contributed by atoms with van der Waals surface area (Å²) in [5.41, 5.74) is 10.2. The Balaban J connectivity index is 1.23. The predicted molar refractivity (Wildman–Crippen MR) is 205 cm³/mol.